The summed E-state index contributed by atoms with van der Waals surface area (Å²) in [5, 5.41) is 2.47. The molecule has 0 fully saturated rings. The van der Waals surface area contributed by atoms with Gasteiger partial charge in [0, 0.05) is 17.6 Å². The normalized spacial score (nSPS) is 15.5. The van der Waals surface area contributed by atoms with E-state index in [0.29, 0.717) is 0 Å². The molecule has 0 atom stereocenters. The average molecular weight is 163 g/mol. The van der Waals surface area contributed by atoms with Gasteiger partial charge in [-0.25, -0.2) is 0 Å². The first-order valence-corrected chi connectivity index (χ1v) is 4.15. The molecule has 2 heteroatoms. The van der Waals surface area contributed by atoms with E-state index in [4.69, 9.17) is 0 Å². The number of pyridine rings is 1. The Balaban J connectivity index is 2.89. The Morgan fingerprint density at radius 2 is 2.36 bits per heavy atom. The van der Waals surface area contributed by atoms with Crippen LogP contribution in [0.5, 0.6) is 0 Å². The molecule has 11 heavy (non-hydrogen) atoms. The van der Waals surface area contributed by atoms with Crippen molar-refractivity contribution in [2.75, 3.05) is 0 Å². The smallest absolute Gasteiger partial charge is 0.0354 e. The summed E-state index contributed by atoms with van der Waals surface area (Å²) in [5.74, 6) is 0. The van der Waals surface area contributed by atoms with Crippen molar-refractivity contribution < 1.29 is 0 Å². The van der Waals surface area contributed by atoms with Gasteiger partial charge in [0.2, 0.25) is 0 Å². The zero-order valence-electron chi connectivity index (χ0n) is 6.12. The first kappa shape index (κ1) is 6.92. The molecule has 0 N–H and O–H groups in total. The minimum absolute atomic E-state index is 1.06. The summed E-state index contributed by atoms with van der Waals surface area (Å²) in [6.07, 6.45) is 8.10. The molecule has 0 aromatic carbocycles. The maximum Gasteiger partial charge on any atom is 0.0354 e. The minimum Gasteiger partial charge on any atom is -0.264 e. The standard InChI is InChI=1S/C9H9NS/c11-9-3-1-2-7-4-5-10-6-8(7)9/h2,4-6,11H,1,3H2. The van der Waals surface area contributed by atoms with Gasteiger partial charge in [-0.05, 0) is 29.0 Å². The van der Waals surface area contributed by atoms with Crippen LogP contribution >= 0.6 is 12.6 Å². The lowest BCUT2D eigenvalue weighted by atomic mass is 10.1. The summed E-state index contributed by atoms with van der Waals surface area (Å²) in [5.41, 5.74) is 0. The Morgan fingerprint density at radius 1 is 1.45 bits per heavy atom. The van der Waals surface area contributed by atoms with Gasteiger partial charge in [0.05, 0.1) is 0 Å². The van der Waals surface area contributed by atoms with Crippen molar-refractivity contribution in [3.8, 4) is 0 Å². The monoisotopic (exact) mass is 163 g/mol. The second kappa shape index (κ2) is 2.70. The summed E-state index contributed by atoms with van der Waals surface area (Å²) in [6.45, 7) is 0. The molecule has 0 spiro atoms. The lowest BCUT2D eigenvalue weighted by Crippen LogP contribution is -2.28. The van der Waals surface area contributed by atoms with E-state index in [1.165, 1.54) is 10.4 Å². The lowest BCUT2D eigenvalue weighted by molar-refractivity contribution is 1.09. The van der Waals surface area contributed by atoms with Gasteiger partial charge < -0.3 is 0 Å². The number of thiol groups is 1. The first-order valence-electron chi connectivity index (χ1n) is 3.70. The largest absolute Gasteiger partial charge is 0.264 e. The maximum absolute atomic E-state index is 4.40. The van der Waals surface area contributed by atoms with Crippen LogP contribution < -0.4 is 10.4 Å². The molecule has 0 saturated heterocycles. The number of hydrogen-bond donors (Lipinski definition) is 1. The molecule has 0 amide bonds. The number of fused-ring (bicyclic) bond motifs is 1. The molecule has 2 rings (SSSR count). The van der Waals surface area contributed by atoms with Crippen molar-refractivity contribution >= 4 is 23.6 Å². The van der Waals surface area contributed by atoms with E-state index in [-0.39, 0.29) is 0 Å². The van der Waals surface area contributed by atoms with E-state index in [9.17, 15) is 0 Å². The zero-order valence-corrected chi connectivity index (χ0v) is 7.01. The highest BCUT2D eigenvalue weighted by Crippen LogP contribution is 2.10. The van der Waals surface area contributed by atoms with Gasteiger partial charge in [-0.3, -0.25) is 4.98 Å². The Kier molecular flexibility index (Phi) is 1.70. The van der Waals surface area contributed by atoms with Gasteiger partial charge in [-0.15, -0.1) is 12.6 Å². The van der Waals surface area contributed by atoms with E-state index in [1.54, 1.807) is 0 Å². The lowest BCUT2D eigenvalue weighted by Gasteiger charge is -2.03. The van der Waals surface area contributed by atoms with Gasteiger partial charge in [0.1, 0.15) is 0 Å². The van der Waals surface area contributed by atoms with Gasteiger partial charge in [-0.1, -0.05) is 6.08 Å². The minimum atomic E-state index is 1.06. The van der Waals surface area contributed by atoms with Crippen LogP contribution in [0, 0.1) is 0 Å². The van der Waals surface area contributed by atoms with Crippen LogP contribution in [-0.4, -0.2) is 4.98 Å². The second-order valence-electron chi connectivity index (χ2n) is 2.65. The molecule has 1 aromatic heterocycles. The molecule has 1 aliphatic rings. The molecule has 1 aliphatic carbocycles. The highest BCUT2D eigenvalue weighted by Gasteiger charge is 1.98. The van der Waals surface area contributed by atoms with Crippen LogP contribution in [0.3, 0.4) is 0 Å². The fraction of sp³-hybridized carbons (Fsp3) is 0.222. The highest BCUT2D eigenvalue weighted by molar-refractivity contribution is 7.90. The second-order valence-corrected chi connectivity index (χ2v) is 3.19. The van der Waals surface area contributed by atoms with Crippen LogP contribution in [0.4, 0.5) is 0 Å². The summed E-state index contributed by atoms with van der Waals surface area (Å²) in [6, 6.07) is 2.03. The van der Waals surface area contributed by atoms with E-state index < -0.39 is 0 Å². The fourth-order valence-electron chi connectivity index (χ4n) is 1.32. The molecule has 0 radical (unpaired) electrons. The van der Waals surface area contributed by atoms with Crippen LogP contribution in [0.25, 0.3) is 11.0 Å². The van der Waals surface area contributed by atoms with Gasteiger partial charge >= 0.3 is 0 Å². The third-order valence-corrected chi connectivity index (χ3v) is 2.38. The predicted molar refractivity (Wildman–Crippen MR) is 49.6 cm³/mol. The van der Waals surface area contributed by atoms with E-state index in [2.05, 4.69) is 23.7 Å². The summed E-state index contributed by atoms with van der Waals surface area (Å²) >= 11 is 4.40. The molecular weight excluding hydrogens is 154 g/mol. The molecule has 1 aromatic rings. The Hall–Kier alpha value is -0.760. The first-order chi connectivity index (χ1) is 5.38. The topological polar surface area (TPSA) is 12.9 Å². The molecule has 0 bridgehead atoms. The third kappa shape index (κ3) is 1.18. The van der Waals surface area contributed by atoms with Gasteiger partial charge in [0.25, 0.3) is 0 Å². The van der Waals surface area contributed by atoms with Crippen LogP contribution in [0.1, 0.15) is 12.8 Å². The summed E-state index contributed by atoms with van der Waals surface area (Å²) < 4.78 is 0. The number of rotatable bonds is 0. The SMILES string of the molecule is SC1=c2cnccc2=CCC1. The molecule has 1 nitrogen and oxygen atoms in total. The predicted octanol–water partition coefficient (Wildman–Crippen LogP) is 0.694. The van der Waals surface area contributed by atoms with Crippen LogP contribution in [-0.2, 0) is 0 Å². The van der Waals surface area contributed by atoms with E-state index >= 15 is 0 Å². The van der Waals surface area contributed by atoms with Gasteiger partial charge in [-0.2, -0.15) is 0 Å². The number of nitrogens with zero attached hydrogens (tertiary/aromatic N) is 1. The summed E-state index contributed by atoms with van der Waals surface area (Å²) in [4.78, 5) is 5.22. The maximum atomic E-state index is 4.40. The molecule has 0 unspecified atom stereocenters. The van der Waals surface area contributed by atoms with Crippen LogP contribution in [0.15, 0.2) is 18.5 Å². The molecular formula is C9H9NS. The quantitative estimate of drug-likeness (QED) is 0.555. The Morgan fingerprint density at radius 3 is 3.18 bits per heavy atom. The zero-order chi connectivity index (χ0) is 7.68. The Bertz CT molecular complexity index is 381. The van der Waals surface area contributed by atoms with Crippen molar-refractivity contribution in [1.29, 1.82) is 0 Å². The highest BCUT2D eigenvalue weighted by atomic mass is 32.1. The number of hydrogen-bond acceptors (Lipinski definition) is 2. The van der Waals surface area contributed by atoms with Crippen molar-refractivity contribution in [2.45, 2.75) is 12.8 Å². The van der Waals surface area contributed by atoms with Gasteiger partial charge in [0.15, 0.2) is 0 Å². The van der Waals surface area contributed by atoms with Crippen molar-refractivity contribution in [1.82, 2.24) is 4.98 Å². The average Bonchev–Trinajstić information content (AvgIpc) is 2.06. The third-order valence-electron chi connectivity index (χ3n) is 1.91. The number of aromatic nitrogens is 1. The van der Waals surface area contributed by atoms with E-state index in [1.807, 2.05) is 18.5 Å². The van der Waals surface area contributed by atoms with Crippen LogP contribution in [0.2, 0.25) is 0 Å². The molecule has 0 aliphatic heterocycles. The van der Waals surface area contributed by atoms with Crippen molar-refractivity contribution in [3.63, 3.8) is 0 Å². The molecule has 1 heterocycles. The fourth-order valence-corrected chi connectivity index (χ4v) is 1.64. The molecule has 0 saturated carbocycles. The van der Waals surface area contributed by atoms with Crippen molar-refractivity contribution in [3.05, 3.63) is 28.9 Å². The van der Waals surface area contributed by atoms with E-state index in [0.717, 1.165) is 17.7 Å². The van der Waals surface area contributed by atoms with Crippen molar-refractivity contribution in [2.24, 2.45) is 0 Å². The summed E-state index contributed by atoms with van der Waals surface area (Å²) in [7, 11) is 0. The Labute approximate surface area is 70.9 Å². The molecule has 56 valence electrons.